The van der Waals surface area contributed by atoms with Gasteiger partial charge in [-0.1, -0.05) is 163 Å². The first-order valence-electron chi connectivity index (χ1n) is 24.4. The van der Waals surface area contributed by atoms with E-state index in [-0.39, 0.29) is 11.6 Å². The number of rotatable bonds is 22. The van der Waals surface area contributed by atoms with Crippen LogP contribution in [0.3, 0.4) is 0 Å². The zero-order valence-electron chi connectivity index (χ0n) is 39.8. The van der Waals surface area contributed by atoms with E-state index in [0.29, 0.717) is 11.4 Å². The highest BCUT2D eigenvalue weighted by molar-refractivity contribution is 7.14. The van der Waals surface area contributed by atoms with Crippen LogP contribution in [0.15, 0.2) is 188 Å². The van der Waals surface area contributed by atoms with Gasteiger partial charge >= 0.3 is 0 Å². The summed E-state index contributed by atoms with van der Waals surface area (Å²) in [7, 11) is 0. The minimum absolute atomic E-state index is 0.0521. The average Bonchev–Trinajstić information content (AvgIpc) is 3.65. The normalized spacial score (nSPS) is 15.5. The van der Waals surface area contributed by atoms with Gasteiger partial charge in [0.2, 0.25) is 0 Å². The molecule has 0 saturated heterocycles. The highest BCUT2D eigenvalue weighted by atomic mass is 32.1. The number of nitrogens with zero attached hydrogens (tertiary/aromatic N) is 4. The first-order chi connectivity index (χ1) is 32.8. The maximum absolute atomic E-state index is 13.3. The quantitative estimate of drug-likeness (QED) is 0.0512. The van der Waals surface area contributed by atoms with Crippen LogP contribution in [-0.2, 0) is 9.59 Å². The van der Waals surface area contributed by atoms with E-state index in [4.69, 9.17) is 20.5 Å². The van der Waals surface area contributed by atoms with Gasteiger partial charge in [-0.15, -0.1) is 21.6 Å². The molecule has 4 aromatic carbocycles. The Labute approximate surface area is 402 Å². The van der Waals surface area contributed by atoms with Crippen molar-refractivity contribution in [1.29, 1.82) is 0 Å². The Balaban J connectivity index is 1.30. The zero-order chi connectivity index (χ0) is 46.8. The van der Waals surface area contributed by atoms with Crippen LogP contribution in [0.5, 0.6) is 0 Å². The Kier molecular flexibility index (Phi) is 18.0. The number of azo groups is 2. The van der Waals surface area contributed by atoms with E-state index in [1.165, 1.54) is 51.4 Å². The molecule has 0 N–H and O–H groups in total. The van der Waals surface area contributed by atoms with Crippen molar-refractivity contribution in [2.24, 2.45) is 20.5 Å². The number of carbonyl (C=O) groups excluding carboxylic acids is 2. The highest BCUT2D eigenvalue weighted by Crippen LogP contribution is 2.43. The van der Waals surface area contributed by atoms with Crippen LogP contribution in [0.25, 0.3) is 33.6 Å². The molecular formula is C60H64N4O2S. The van der Waals surface area contributed by atoms with Gasteiger partial charge in [0.25, 0.3) is 0 Å². The molecule has 0 aliphatic heterocycles. The number of benzene rings is 4. The second-order valence-electron chi connectivity index (χ2n) is 17.6. The van der Waals surface area contributed by atoms with E-state index in [9.17, 15) is 9.59 Å². The van der Waals surface area contributed by atoms with Gasteiger partial charge in [-0.2, -0.15) is 10.2 Å². The van der Waals surface area contributed by atoms with Crippen molar-refractivity contribution in [3.05, 3.63) is 189 Å². The standard InChI is InChI=1S/C60H64N4O2S/c1-5-7-9-11-13-17-27-49-41-51(33-39-55(49)65)57(63-61-53-35-29-47(30-36-53)45-23-19-15-20-24-45)59-43(3)44(4)60(67-59)58(52-34-40-56(66)50(42-52)28-18-14-12-10-8-6-2)64-62-54-37-31-48(32-38-54)46-25-21-16-22-26-46/h15-16,19-26,29-42H,5-14,17-18,27-28H2,1-4H3/b57-51-,58-52-,63-61?,64-62?. The number of hydrogen-bond acceptors (Lipinski definition) is 7. The third kappa shape index (κ3) is 13.4. The third-order valence-corrected chi connectivity index (χ3v) is 14.0. The fraction of sp³-hybridized carbons (Fsp3) is 0.300. The number of thiophene rings is 1. The molecule has 0 radical (unpaired) electrons. The molecule has 7 rings (SSSR count). The summed E-state index contributed by atoms with van der Waals surface area (Å²) in [6.45, 7) is 8.70. The summed E-state index contributed by atoms with van der Waals surface area (Å²) in [6.07, 6.45) is 26.5. The molecule has 0 fully saturated rings. The van der Waals surface area contributed by atoms with Crippen molar-refractivity contribution in [3.63, 3.8) is 0 Å². The Morgan fingerprint density at radius 2 is 0.791 bits per heavy atom. The van der Waals surface area contributed by atoms with Gasteiger partial charge in [-0.25, -0.2) is 0 Å². The SMILES string of the molecule is CCCCCCCCC1=C/C(=C(\N=Nc2ccc(-c3ccccc3)cc2)c2sc(/C(N=Nc3ccc(-c4ccccc4)cc3)=C3\C=CC(=O)C(CCCCCCCC)=C3)c(C)c2C)C=CC1=O. The minimum atomic E-state index is 0.0521. The van der Waals surface area contributed by atoms with Gasteiger partial charge in [0.15, 0.2) is 11.6 Å². The molecule has 7 heteroatoms. The molecule has 0 saturated carbocycles. The van der Waals surface area contributed by atoms with Crippen molar-refractivity contribution in [2.75, 3.05) is 0 Å². The number of carbonyl (C=O) groups is 2. The van der Waals surface area contributed by atoms with Gasteiger partial charge < -0.3 is 0 Å². The average molecular weight is 905 g/mol. The molecule has 0 bridgehead atoms. The summed E-state index contributed by atoms with van der Waals surface area (Å²) in [5.74, 6) is 0.104. The second-order valence-corrected chi connectivity index (χ2v) is 18.6. The zero-order valence-corrected chi connectivity index (χ0v) is 40.6. The largest absolute Gasteiger partial charge is 0.290 e. The maximum atomic E-state index is 13.3. The van der Waals surface area contributed by atoms with E-state index >= 15 is 0 Å². The first kappa shape index (κ1) is 48.5. The van der Waals surface area contributed by atoms with Crippen molar-refractivity contribution in [2.45, 2.75) is 118 Å². The fourth-order valence-electron chi connectivity index (χ4n) is 8.47. The molecule has 67 heavy (non-hydrogen) atoms. The molecule has 0 amide bonds. The van der Waals surface area contributed by atoms with Gasteiger partial charge in [0.1, 0.15) is 11.4 Å². The highest BCUT2D eigenvalue weighted by Gasteiger charge is 2.24. The number of allylic oxidation sites excluding steroid dienone is 10. The Morgan fingerprint density at radius 3 is 1.18 bits per heavy atom. The Hall–Kier alpha value is -6.44. The number of hydrogen-bond donors (Lipinski definition) is 0. The van der Waals surface area contributed by atoms with Crippen molar-refractivity contribution in [3.8, 4) is 22.3 Å². The minimum Gasteiger partial charge on any atom is -0.290 e. The molecular weight excluding hydrogens is 841 g/mol. The van der Waals surface area contributed by atoms with Crippen LogP contribution in [-0.4, -0.2) is 11.6 Å². The molecule has 5 aromatic rings. The van der Waals surface area contributed by atoms with E-state index in [1.54, 1.807) is 23.5 Å². The predicted molar refractivity (Wildman–Crippen MR) is 281 cm³/mol. The topological polar surface area (TPSA) is 83.6 Å². The van der Waals surface area contributed by atoms with Crippen molar-refractivity contribution in [1.82, 2.24) is 0 Å². The summed E-state index contributed by atoms with van der Waals surface area (Å²) in [6, 6.07) is 36.9. The molecule has 6 nitrogen and oxygen atoms in total. The second kappa shape index (κ2) is 24.9. The lowest BCUT2D eigenvalue weighted by molar-refractivity contribution is -0.112. The van der Waals surface area contributed by atoms with Gasteiger partial charge in [0.05, 0.1) is 21.1 Å². The monoisotopic (exact) mass is 904 g/mol. The molecule has 0 unspecified atom stereocenters. The summed E-state index contributed by atoms with van der Waals surface area (Å²) in [5, 5.41) is 19.8. The maximum Gasteiger partial charge on any atom is 0.181 e. The van der Waals surface area contributed by atoms with Gasteiger partial charge in [0, 0.05) is 22.3 Å². The van der Waals surface area contributed by atoms with Crippen LogP contribution in [0, 0.1) is 13.8 Å². The van der Waals surface area contributed by atoms with E-state index in [1.807, 2.05) is 85.0 Å². The molecule has 342 valence electrons. The molecule has 1 heterocycles. The summed E-state index contributed by atoms with van der Waals surface area (Å²) in [4.78, 5) is 28.6. The Bertz CT molecular complexity index is 2540. The van der Waals surface area contributed by atoms with Crippen molar-refractivity contribution < 1.29 is 9.59 Å². The van der Waals surface area contributed by atoms with Crippen LogP contribution in [0.1, 0.15) is 125 Å². The summed E-state index contributed by atoms with van der Waals surface area (Å²) >= 11 is 1.60. The smallest absolute Gasteiger partial charge is 0.181 e. The third-order valence-electron chi connectivity index (χ3n) is 12.6. The van der Waals surface area contributed by atoms with Crippen LogP contribution < -0.4 is 0 Å². The molecule has 0 atom stereocenters. The number of ketones is 2. The lowest BCUT2D eigenvalue weighted by Gasteiger charge is -2.12. The molecule has 2 aliphatic rings. The molecule has 1 aromatic heterocycles. The summed E-state index contributed by atoms with van der Waals surface area (Å²) in [5.41, 5.74) is 12.7. The van der Waals surface area contributed by atoms with E-state index in [0.717, 1.165) is 115 Å². The van der Waals surface area contributed by atoms with E-state index in [2.05, 4.69) is 76.2 Å². The number of unbranched alkanes of at least 4 members (excludes halogenated alkanes) is 10. The van der Waals surface area contributed by atoms with Crippen LogP contribution in [0.4, 0.5) is 11.4 Å². The van der Waals surface area contributed by atoms with Crippen LogP contribution in [0.2, 0.25) is 0 Å². The fourth-order valence-corrected chi connectivity index (χ4v) is 9.80. The lowest BCUT2D eigenvalue weighted by Crippen LogP contribution is -2.04. The molecule has 2 aliphatic carbocycles. The van der Waals surface area contributed by atoms with Gasteiger partial charge in [-0.3, -0.25) is 9.59 Å². The first-order valence-corrected chi connectivity index (χ1v) is 25.2. The predicted octanol–water partition coefficient (Wildman–Crippen LogP) is 18.3. The van der Waals surface area contributed by atoms with E-state index < -0.39 is 0 Å². The van der Waals surface area contributed by atoms with Crippen LogP contribution >= 0.6 is 11.3 Å². The summed E-state index contributed by atoms with van der Waals surface area (Å²) < 4.78 is 0. The lowest BCUT2D eigenvalue weighted by atomic mass is 9.93. The van der Waals surface area contributed by atoms with Gasteiger partial charge in [-0.05, 0) is 134 Å². The van der Waals surface area contributed by atoms with Crippen molar-refractivity contribution >= 4 is 45.7 Å². The molecule has 0 spiro atoms. The Morgan fingerprint density at radius 1 is 0.433 bits per heavy atom.